The molecule has 0 saturated carbocycles. The summed E-state index contributed by atoms with van der Waals surface area (Å²) in [6.07, 6.45) is 0. The van der Waals surface area contributed by atoms with Gasteiger partial charge in [-0.2, -0.15) is 5.10 Å². The van der Waals surface area contributed by atoms with Gasteiger partial charge in [0.2, 0.25) is 0 Å². The van der Waals surface area contributed by atoms with Crippen molar-refractivity contribution in [1.29, 1.82) is 0 Å². The summed E-state index contributed by atoms with van der Waals surface area (Å²) < 4.78 is 28.3. The van der Waals surface area contributed by atoms with Crippen molar-refractivity contribution in [3.8, 4) is 0 Å². The van der Waals surface area contributed by atoms with E-state index in [-0.39, 0.29) is 20.8 Å². The number of nitrogens with zero attached hydrogens (tertiary/aromatic N) is 2. The standard InChI is InChI=1S/C11H11Cl2N3O2S/c1-7-6-10(14-16(7)2)15-19(17,18)9-5-3-4-8(12)11(9)13/h3-6H,1-2H3,(H,14,15). The number of aromatic nitrogens is 2. The average Bonchev–Trinajstić information content (AvgIpc) is 2.60. The quantitative estimate of drug-likeness (QED) is 0.946. The third-order valence-corrected chi connectivity index (χ3v) is 4.89. The first-order valence-corrected chi connectivity index (χ1v) is 7.52. The maximum atomic E-state index is 12.2. The van der Waals surface area contributed by atoms with Crippen molar-refractivity contribution >= 4 is 39.0 Å². The molecule has 1 heterocycles. The Morgan fingerprint density at radius 2 is 2.00 bits per heavy atom. The molecule has 0 aliphatic carbocycles. The predicted molar refractivity (Wildman–Crippen MR) is 75.2 cm³/mol. The normalized spacial score (nSPS) is 11.6. The van der Waals surface area contributed by atoms with E-state index < -0.39 is 10.0 Å². The van der Waals surface area contributed by atoms with E-state index in [1.807, 2.05) is 6.92 Å². The second kappa shape index (κ2) is 5.03. The molecule has 0 fully saturated rings. The van der Waals surface area contributed by atoms with E-state index in [0.29, 0.717) is 0 Å². The fourth-order valence-electron chi connectivity index (χ4n) is 1.49. The molecule has 0 unspecified atom stereocenters. The zero-order valence-electron chi connectivity index (χ0n) is 10.2. The summed E-state index contributed by atoms with van der Waals surface area (Å²) in [6.45, 7) is 1.82. The Morgan fingerprint density at radius 3 is 2.58 bits per heavy atom. The molecule has 2 rings (SSSR count). The topological polar surface area (TPSA) is 64.0 Å². The van der Waals surface area contributed by atoms with Crippen LogP contribution in [0.25, 0.3) is 0 Å². The number of sulfonamides is 1. The van der Waals surface area contributed by atoms with Crippen molar-refractivity contribution in [3.05, 3.63) is 40.0 Å². The number of anilines is 1. The Morgan fingerprint density at radius 1 is 1.32 bits per heavy atom. The van der Waals surface area contributed by atoms with Gasteiger partial charge < -0.3 is 0 Å². The van der Waals surface area contributed by atoms with Crippen molar-refractivity contribution in [2.75, 3.05) is 4.72 Å². The van der Waals surface area contributed by atoms with Crippen LogP contribution in [0.15, 0.2) is 29.2 Å². The molecule has 1 N–H and O–H groups in total. The first kappa shape index (κ1) is 14.2. The van der Waals surface area contributed by atoms with Crippen LogP contribution in [0, 0.1) is 6.92 Å². The minimum atomic E-state index is -3.81. The number of benzene rings is 1. The minimum Gasteiger partial charge on any atom is -0.271 e. The smallest absolute Gasteiger partial charge is 0.264 e. The molecule has 0 spiro atoms. The lowest BCUT2D eigenvalue weighted by Gasteiger charge is -2.07. The highest BCUT2D eigenvalue weighted by atomic mass is 35.5. The van der Waals surface area contributed by atoms with E-state index in [2.05, 4.69) is 9.82 Å². The lowest BCUT2D eigenvalue weighted by atomic mass is 10.4. The number of hydrogen-bond acceptors (Lipinski definition) is 3. The Kier molecular flexibility index (Phi) is 3.75. The molecular weight excluding hydrogens is 309 g/mol. The van der Waals surface area contributed by atoms with Crippen LogP contribution in [0.4, 0.5) is 5.82 Å². The van der Waals surface area contributed by atoms with E-state index in [1.165, 1.54) is 18.2 Å². The second-order valence-corrected chi connectivity index (χ2v) is 6.39. The second-order valence-electron chi connectivity index (χ2n) is 3.95. The molecule has 0 radical (unpaired) electrons. The summed E-state index contributed by atoms with van der Waals surface area (Å²) in [6, 6.07) is 6.04. The molecule has 102 valence electrons. The van der Waals surface area contributed by atoms with Crippen LogP contribution in [0.1, 0.15) is 5.69 Å². The van der Waals surface area contributed by atoms with Gasteiger partial charge in [-0.05, 0) is 19.1 Å². The van der Waals surface area contributed by atoms with E-state index >= 15 is 0 Å². The SMILES string of the molecule is Cc1cc(NS(=O)(=O)c2cccc(Cl)c2Cl)nn1C. The molecule has 8 heteroatoms. The molecule has 1 aromatic carbocycles. The fourth-order valence-corrected chi connectivity index (χ4v) is 3.24. The van der Waals surface area contributed by atoms with E-state index in [1.54, 1.807) is 17.8 Å². The molecule has 0 aliphatic rings. The van der Waals surface area contributed by atoms with Gasteiger partial charge in [0, 0.05) is 18.8 Å². The van der Waals surface area contributed by atoms with Crippen molar-refractivity contribution in [2.24, 2.45) is 7.05 Å². The highest BCUT2D eigenvalue weighted by Gasteiger charge is 2.20. The molecule has 0 aliphatic heterocycles. The van der Waals surface area contributed by atoms with Crippen LogP contribution in [0.2, 0.25) is 10.0 Å². The van der Waals surface area contributed by atoms with E-state index in [9.17, 15) is 8.42 Å². The molecule has 19 heavy (non-hydrogen) atoms. The summed E-state index contributed by atoms with van der Waals surface area (Å²) in [5, 5.41) is 4.20. The Balaban J connectivity index is 2.40. The van der Waals surface area contributed by atoms with Gasteiger partial charge in [-0.3, -0.25) is 9.40 Å². The van der Waals surface area contributed by atoms with Crippen LogP contribution in [0.5, 0.6) is 0 Å². The molecule has 2 aromatic rings. The first-order chi connectivity index (χ1) is 8.81. The monoisotopic (exact) mass is 319 g/mol. The predicted octanol–water partition coefficient (Wildman–Crippen LogP) is 2.84. The molecule has 5 nitrogen and oxygen atoms in total. The van der Waals surface area contributed by atoms with Crippen molar-refractivity contribution in [3.63, 3.8) is 0 Å². The lowest BCUT2D eigenvalue weighted by molar-refractivity contribution is 0.601. The Hall–Kier alpha value is -1.24. The Bertz CT molecular complexity index is 706. The minimum absolute atomic E-state index is 0.00989. The van der Waals surface area contributed by atoms with E-state index in [4.69, 9.17) is 23.2 Å². The van der Waals surface area contributed by atoms with Gasteiger partial charge >= 0.3 is 0 Å². The van der Waals surface area contributed by atoms with Crippen LogP contribution in [-0.4, -0.2) is 18.2 Å². The first-order valence-electron chi connectivity index (χ1n) is 5.29. The summed E-state index contributed by atoms with van der Waals surface area (Å²) >= 11 is 11.7. The highest BCUT2D eigenvalue weighted by Crippen LogP contribution is 2.29. The van der Waals surface area contributed by atoms with Gasteiger partial charge in [0.05, 0.1) is 10.0 Å². The third-order valence-electron chi connectivity index (χ3n) is 2.56. The van der Waals surface area contributed by atoms with Crippen LogP contribution < -0.4 is 4.72 Å². The largest absolute Gasteiger partial charge is 0.271 e. The average molecular weight is 320 g/mol. The number of halogens is 2. The lowest BCUT2D eigenvalue weighted by Crippen LogP contribution is -2.14. The third kappa shape index (κ3) is 2.86. The summed E-state index contributed by atoms with van der Waals surface area (Å²) in [4.78, 5) is -0.0787. The van der Waals surface area contributed by atoms with Crippen LogP contribution in [0.3, 0.4) is 0 Å². The Labute approximate surface area is 121 Å². The van der Waals surface area contributed by atoms with Crippen LogP contribution >= 0.6 is 23.2 Å². The summed E-state index contributed by atoms with van der Waals surface area (Å²) in [5.41, 5.74) is 0.829. The van der Waals surface area contributed by atoms with Gasteiger partial charge in [-0.1, -0.05) is 29.3 Å². The zero-order chi connectivity index (χ0) is 14.2. The molecular formula is C11H11Cl2N3O2S. The zero-order valence-corrected chi connectivity index (χ0v) is 12.5. The number of hydrogen-bond donors (Lipinski definition) is 1. The maximum absolute atomic E-state index is 12.2. The van der Waals surface area contributed by atoms with Gasteiger partial charge in [-0.15, -0.1) is 0 Å². The molecule has 0 bridgehead atoms. The van der Waals surface area contributed by atoms with Gasteiger partial charge in [0.1, 0.15) is 4.90 Å². The van der Waals surface area contributed by atoms with Gasteiger partial charge in [0.15, 0.2) is 5.82 Å². The van der Waals surface area contributed by atoms with Gasteiger partial charge in [0.25, 0.3) is 10.0 Å². The number of rotatable bonds is 3. The molecule has 1 aromatic heterocycles. The summed E-state index contributed by atoms with van der Waals surface area (Å²) in [7, 11) is -2.09. The van der Waals surface area contributed by atoms with Crippen molar-refractivity contribution < 1.29 is 8.42 Å². The molecule has 0 atom stereocenters. The van der Waals surface area contributed by atoms with Crippen molar-refractivity contribution in [1.82, 2.24) is 9.78 Å². The van der Waals surface area contributed by atoms with Gasteiger partial charge in [-0.25, -0.2) is 8.42 Å². The molecule has 0 amide bonds. The van der Waals surface area contributed by atoms with Crippen LogP contribution in [-0.2, 0) is 17.1 Å². The number of nitrogens with one attached hydrogen (secondary N) is 1. The fraction of sp³-hybridized carbons (Fsp3) is 0.182. The van der Waals surface area contributed by atoms with Crippen molar-refractivity contribution in [2.45, 2.75) is 11.8 Å². The highest BCUT2D eigenvalue weighted by molar-refractivity contribution is 7.92. The van der Waals surface area contributed by atoms with E-state index in [0.717, 1.165) is 5.69 Å². The molecule has 0 saturated heterocycles. The number of aryl methyl sites for hydroxylation is 2. The summed E-state index contributed by atoms with van der Waals surface area (Å²) in [5.74, 6) is 0.232. The maximum Gasteiger partial charge on any atom is 0.264 e.